The lowest BCUT2D eigenvalue weighted by Crippen LogP contribution is -2.34. The third kappa shape index (κ3) is 4.18. The predicted molar refractivity (Wildman–Crippen MR) is 83.6 cm³/mol. The fourth-order valence-corrected chi connectivity index (χ4v) is 2.90. The zero-order chi connectivity index (χ0) is 15.4. The lowest BCUT2D eigenvalue weighted by Gasteiger charge is -2.25. The molecule has 1 saturated heterocycles. The number of anilines is 1. The number of primary amides is 1. The molecule has 6 nitrogen and oxygen atoms in total. The Labute approximate surface area is 131 Å². The minimum absolute atomic E-state index is 0.0524. The van der Waals surface area contributed by atoms with Crippen LogP contribution in [0.15, 0.2) is 22.7 Å². The van der Waals surface area contributed by atoms with Crippen LogP contribution in [0.3, 0.4) is 0 Å². The second-order valence-corrected chi connectivity index (χ2v) is 5.95. The number of hydrogen-bond acceptors (Lipinski definition) is 4. The lowest BCUT2D eigenvalue weighted by atomic mass is 10.1. The van der Waals surface area contributed by atoms with Crippen LogP contribution in [0.5, 0.6) is 0 Å². The van der Waals surface area contributed by atoms with E-state index in [4.69, 9.17) is 10.8 Å². The molecule has 7 heteroatoms. The van der Waals surface area contributed by atoms with E-state index in [2.05, 4.69) is 20.8 Å². The van der Waals surface area contributed by atoms with E-state index in [1.807, 2.05) is 17.0 Å². The maximum Gasteiger partial charge on any atom is 0.317 e. The molecule has 0 radical (unpaired) electrons. The van der Waals surface area contributed by atoms with Crippen LogP contribution in [-0.4, -0.2) is 54.6 Å². The Morgan fingerprint density at radius 3 is 2.67 bits per heavy atom. The number of carboxylic acid groups (broad SMARTS) is 1. The summed E-state index contributed by atoms with van der Waals surface area (Å²) in [5.41, 5.74) is 6.74. The first-order valence-electron chi connectivity index (χ1n) is 6.76. The molecule has 0 unspecified atom stereocenters. The SMILES string of the molecule is NC(=O)c1cc(Br)ccc1N1CCCN(CC(=O)O)CC1. The number of benzene rings is 1. The zero-order valence-corrected chi connectivity index (χ0v) is 13.2. The number of carbonyl (C=O) groups excluding carboxylic acids is 1. The van der Waals surface area contributed by atoms with Crippen molar-refractivity contribution in [2.75, 3.05) is 37.6 Å². The van der Waals surface area contributed by atoms with Gasteiger partial charge in [0, 0.05) is 36.3 Å². The molecule has 0 saturated carbocycles. The van der Waals surface area contributed by atoms with Gasteiger partial charge in [0.25, 0.3) is 5.91 Å². The zero-order valence-electron chi connectivity index (χ0n) is 11.6. The Bertz CT molecular complexity index is 550. The minimum atomic E-state index is -0.815. The van der Waals surface area contributed by atoms with Gasteiger partial charge in [-0.2, -0.15) is 0 Å². The minimum Gasteiger partial charge on any atom is -0.480 e. The number of halogens is 1. The summed E-state index contributed by atoms with van der Waals surface area (Å²) < 4.78 is 0.808. The smallest absolute Gasteiger partial charge is 0.317 e. The van der Waals surface area contributed by atoms with Crippen molar-refractivity contribution >= 4 is 33.5 Å². The van der Waals surface area contributed by atoms with Crippen molar-refractivity contribution in [1.82, 2.24) is 4.90 Å². The quantitative estimate of drug-likeness (QED) is 0.845. The van der Waals surface area contributed by atoms with Gasteiger partial charge in [0.1, 0.15) is 0 Å². The molecule has 3 N–H and O–H groups in total. The number of nitrogens with two attached hydrogens (primary N) is 1. The molecule has 1 aromatic rings. The number of carbonyl (C=O) groups is 2. The van der Waals surface area contributed by atoms with Crippen LogP contribution in [-0.2, 0) is 4.79 Å². The molecule has 0 aromatic heterocycles. The summed E-state index contributed by atoms with van der Waals surface area (Å²) in [5.74, 6) is -1.28. The van der Waals surface area contributed by atoms with Gasteiger partial charge in [0.2, 0.25) is 0 Å². The highest BCUT2D eigenvalue weighted by Gasteiger charge is 2.20. The average molecular weight is 356 g/mol. The summed E-state index contributed by atoms with van der Waals surface area (Å²) in [6, 6.07) is 5.47. The number of carboxylic acids is 1. The van der Waals surface area contributed by atoms with Crippen molar-refractivity contribution in [2.24, 2.45) is 5.73 Å². The molecule has 0 atom stereocenters. The van der Waals surface area contributed by atoms with Crippen molar-refractivity contribution in [3.05, 3.63) is 28.2 Å². The van der Waals surface area contributed by atoms with E-state index in [-0.39, 0.29) is 6.54 Å². The fourth-order valence-electron chi connectivity index (χ4n) is 2.54. The van der Waals surface area contributed by atoms with E-state index in [9.17, 15) is 9.59 Å². The van der Waals surface area contributed by atoms with E-state index in [1.54, 1.807) is 6.07 Å². The fraction of sp³-hybridized carbons (Fsp3) is 0.429. The van der Waals surface area contributed by atoms with Crippen molar-refractivity contribution in [3.8, 4) is 0 Å². The van der Waals surface area contributed by atoms with E-state index >= 15 is 0 Å². The molecule has 0 bridgehead atoms. The Kier molecular flexibility index (Phi) is 5.19. The van der Waals surface area contributed by atoms with Crippen LogP contribution in [0, 0.1) is 0 Å². The van der Waals surface area contributed by atoms with Gasteiger partial charge in [-0.3, -0.25) is 14.5 Å². The standard InChI is InChI=1S/C14H18BrN3O3/c15-10-2-3-12(11(8-10)14(16)21)18-5-1-4-17(6-7-18)9-13(19)20/h2-3,8H,1,4-7,9H2,(H2,16,21)(H,19,20). The Morgan fingerprint density at radius 2 is 2.00 bits per heavy atom. The molecule has 1 aromatic carbocycles. The highest BCUT2D eigenvalue weighted by molar-refractivity contribution is 9.10. The summed E-state index contributed by atoms with van der Waals surface area (Å²) in [7, 11) is 0. The molecular weight excluding hydrogens is 338 g/mol. The average Bonchev–Trinajstić information content (AvgIpc) is 2.63. The van der Waals surface area contributed by atoms with Crippen LogP contribution >= 0.6 is 15.9 Å². The molecule has 1 aliphatic rings. The van der Waals surface area contributed by atoms with Crippen molar-refractivity contribution in [1.29, 1.82) is 0 Å². The van der Waals surface area contributed by atoms with Gasteiger partial charge >= 0.3 is 5.97 Å². The Balaban J connectivity index is 2.15. The Morgan fingerprint density at radius 1 is 1.24 bits per heavy atom. The van der Waals surface area contributed by atoms with Crippen molar-refractivity contribution in [3.63, 3.8) is 0 Å². The number of aliphatic carboxylic acids is 1. The normalized spacial score (nSPS) is 16.5. The van der Waals surface area contributed by atoms with Crippen LogP contribution in [0.25, 0.3) is 0 Å². The maximum atomic E-state index is 11.6. The summed E-state index contributed by atoms with van der Waals surface area (Å²) >= 11 is 3.34. The van der Waals surface area contributed by atoms with E-state index in [0.717, 1.165) is 29.7 Å². The number of amides is 1. The third-order valence-corrected chi connectivity index (χ3v) is 4.01. The monoisotopic (exact) mass is 355 g/mol. The lowest BCUT2D eigenvalue weighted by molar-refractivity contribution is -0.138. The van der Waals surface area contributed by atoms with Gasteiger partial charge in [0.05, 0.1) is 12.1 Å². The summed E-state index contributed by atoms with van der Waals surface area (Å²) in [6.07, 6.45) is 0.849. The molecule has 1 fully saturated rings. The maximum absolute atomic E-state index is 11.6. The number of hydrogen-bond donors (Lipinski definition) is 2. The van der Waals surface area contributed by atoms with Gasteiger partial charge < -0.3 is 15.7 Å². The van der Waals surface area contributed by atoms with Crippen molar-refractivity contribution in [2.45, 2.75) is 6.42 Å². The van der Waals surface area contributed by atoms with Gasteiger partial charge in [-0.25, -0.2) is 0 Å². The number of nitrogens with zero attached hydrogens (tertiary/aromatic N) is 2. The van der Waals surface area contributed by atoms with Crippen molar-refractivity contribution < 1.29 is 14.7 Å². The second-order valence-electron chi connectivity index (χ2n) is 5.04. The summed E-state index contributed by atoms with van der Waals surface area (Å²) in [5, 5.41) is 8.87. The number of rotatable bonds is 4. The van der Waals surface area contributed by atoms with Gasteiger partial charge in [-0.15, -0.1) is 0 Å². The molecule has 0 aliphatic carbocycles. The first kappa shape index (κ1) is 15.8. The van der Waals surface area contributed by atoms with E-state index < -0.39 is 11.9 Å². The van der Waals surface area contributed by atoms with E-state index in [0.29, 0.717) is 18.7 Å². The molecule has 1 amide bonds. The van der Waals surface area contributed by atoms with Crippen LogP contribution in [0.2, 0.25) is 0 Å². The summed E-state index contributed by atoms with van der Waals surface area (Å²) in [4.78, 5) is 26.4. The highest BCUT2D eigenvalue weighted by atomic mass is 79.9. The van der Waals surface area contributed by atoms with Crippen LogP contribution in [0.4, 0.5) is 5.69 Å². The molecular formula is C14H18BrN3O3. The van der Waals surface area contributed by atoms with Gasteiger partial charge in [-0.1, -0.05) is 15.9 Å². The molecule has 114 valence electrons. The first-order valence-corrected chi connectivity index (χ1v) is 7.55. The second kappa shape index (κ2) is 6.91. The van der Waals surface area contributed by atoms with Gasteiger partial charge in [-0.05, 0) is 24.6 Å². The van der Waals surface area contributed by atoms with Crippen LogP contribution in [0.1, 0.15) is 16.8 Å². The molecule has 1 heterocycles. The summed E-state index contributed by atoms with van der Waals surface area (Å²) in [6.45, 7) is 2.90. The van der Waals surface area contributed by atoms with Gasteiger partial charge in [0.15, 0.2) is 0 Å². The van der Waals surface area contributed by atoms with Crippen LogP contribution < -0.4 is 10.6 Å². The molecule has 1 aliphatic heterocycles. The molecule has 21 heavy (non-hydrogen) atoms. The topological polar surface area (TPSA) is 86.9 Å². The van der Waals surface area contributed by atoms with E-state index in [1.165, 1.54) is 0 Å². The largest absolute Gasteiger partial charge is 0.480 e. The predicted octanol–water partition coefficient (Wildman–Crippen LogP) is 1.14. The third-order valence-electron chi connectivity index (χ3n) is 3.51. The highest BCUT2D eigenvalue weighted by Crippen LogP contribution is 2.25. The first-order chi connectivity index (χ1) is 9.97. The molecule has 0 spiro atoms. The molecule has 2 rings (SSSR count). The Hall–Kier alpha value is -1.60.